The maximum Gasteiger partial charge on any atom is 0.352 e. The second-order valence-electron chi connectivity index (χ2n) is 5.32. The number of carbonyl (C=O) groups is 1. The number of amides is 1. The van der Waals surface area contributed by atoms with Crippen molar-refractivity contribution in [2.24, 2.45) is 5.73 Å². The van der Waals surface area contributed by atoms with Gasteiger partial charge in [0, 0.05) is 18.2 Å². The number of carbonyl (C=O) groups excluding carboxylic acids is 1. The Balaban J connectivity index is 2.51. The predicted molar refractivity (Wildman–Crippen MR) is 83.9 cm³/mol. The van der Waals surface area contributed by atoms with E-state index in [2.05, 4.69) is 12.0 Å². The molecule has 10 heteroatoms. The Kier molecular flexibility index (Phi) is 5.67. The topological polar surface area (TPSA) is 149 Å². The predicted octanol–water partition coefficient (Wildman–Crippen LogP) is -2.59. The van der Waals surface area contributed by atoms with Crippen LogP contribution in [0.2, 0.25) is 0 Å². The molecule has 3 atom stereocenters. The summed E-state index contributed by atoms with van der Waals surface area (Å²) in [6.07, 6.45) is -0.207. The Bertz CT molecular complexity index is 740. The van der Waals surface area contributed by atoms with E-state index in [-0.39, 0.29) is 24.9 Å². The zero-order valence-electron chi connectivity index (χ0n) is 12.9. The van der Waals surface area contributed by atoms with Crippen LogP contribution in [0.1, 0.15) is 18.2 Å². The molecule has 24 heavy (non-hydrogen) atoms. The summed E-state index contributed by atoms with van der Waals surface area (Å²) in [6, 6.07) is 0. The first kappa shape index (κ1) is 18.1. The molecule has 1 aliphatic heterocycles. The van der Waals surface area contributed by atoms with Gasteiger partial charge in [-0.25, -0.2) is 4.79 Å². The normalized spacial score (nSPS) is 23.2. The molecular weight excluding hydrogens is 320 g/mol. The summed E-state index contributed by atoms with van der Waals surface area (Å²) in [5.41, 5.74) is 6.26. The first-order valence-electron chi connectivity index (χ1n) is 7.37. The third-order valence-electron chi connectivity index (χ3n) is 3.70. The lowest BCUT2D eigenvalue weighted by Crippen LogP contribution is -2.48. The summed E-state index contributed by atoms with van der Waals surface area (Å²) in [4.78, 5) is 36.3. The second-order valence-corrected chi connectivity index (χ2v) is 5.32. The van der Waals surface area contributed by atoms with E-state index in [1.54, 1.807) is 0 Å². The van der Waals surface area contributed by atoms with Crippen molar-refractivity contribution < 1.29 is 19.7 Å². The molecule has 0 aliphatic carbocycles. The quantitative estimate of drug-likeness (QED) is 0.415. The van der Waals surface area contributed by atoms with E-state index in [4.69, 9.17) is 15.6 Å². The van der Waals surface area contributed by atoms with Crippen LogP contribution < -0.4 is 22.4 Å². The number of aliphatic hydroxyl groups is 2. The minimum Gasteiger partial charge on any atom is -0.394 e. The number of aliphatic hydroxyl groups excluding tert-OH is 2. The third kappa shape index (κ3) is 3.46. The van der Waals surface area contributed by atoms with Crippen LogP contribution in [0.5, 0.6) is 0 Å². The monoisotopic (exact) mass is 340 g/mol. The summed E-state index contributed by atoms with van der Waals surface area (Å²) in [6.45, 7) is 3.02. The lowest BCUT2D eigenvalue weighted by molar-refractivity contribution is -0.112. The molecule has 0 radical (unpaired) electrons. The minimum atomic E-state index is -0.951. The van der Waals surface area contributed by atoms with Crippen LogP contribution in [0, 0.1) is 0 Å². The number of rotatable bonds is 6. The highest BCUT2D eigenvalue weighted by Gasteiger charge is 2.35. The van der Waals surface area contributed by atoms with E-state index < -0.39 is 42.2 Å². The highest BCUT2D eigenvalue weighted by Crippen LogP contribution is 2.27. The molecule has 0 spiro atoms. The average Bonchev–Trinajstić information content (AvgIpc) is 2.94. The molecule has 0 bridgehead atoms. The van der Waals surface area contributed by atoms with Crippen LogP contribution in [0.15, 0.2) is 28.4 Å². The molecule has 0 saturated carbocycles. The van der Waals surface area contributed by atoms with Gasteiger partial charge in [0.25, 0.3) is 11.5 Å². The SMILES string of the molecule is C=CC(=O)Nn1c(=O)c(CCN)cn([C@H]2C[C@H](O)[C@@H](CO)O2)c1=O. The molecule has 0 aromatic carbocycles. The molecular formula is C14H20N4O6. The Morgan fingerprint density at radius 2 is 2.25 bits per heavy atom. The van der Waals surface area contributed by atoms with Crippen molar-refractivity contribution in [1.82, 2.24) is 9.24 Å². The van der Waals surface area contributed by atoms with Gasteiger partial charge in [-0.2, -0.15) is 4.68 Å². The van der Waals surface area contributed by atoms with Crippen molar-refractivity contribution in [2.75, 3.05) is 18.6 Å². The first-order valence-corrected chi connectivity index (χ1v) is 7.37. The molecule has 10 nitrogen and oxygen atoms in total. The van der Waals surface area contributed by atoms with E-state index in [1.165, 1.54) is 6.20 Å². The van der Waals surface area contributed by atoms with Crippen LogP contribution >= 0.6 is 0 Å². The maximum absolute atomic E-state index is 12.5. The van der Waals surface area contributed by atoms with E-state index in [1.807, 2.05) is 0 Å². The maximum atomic E-state index is 12.5. The molecule has 1 aliphatic rings. The fraction of sp³-hybridized carbons (Fsp3) is 0.500. The van der Waals surface area contributed by atoms with Crippen LogP contribution in [-0.2, 0) is 16.0 Å². The van der Waals surface area contributed by atoms with Crippen LogP contribution in [0.3, 0.4) is 0 Å². The van der Waals surface area contributed by atoms with Crippen molar-refractivity contribution >= 4 is 5.91 Å². The van der Waals surface area contributed by atoms with Gasteiger partial charge < -0.3 is 20.7 Å². The summed E-state index contributed by atoms with van der Waals surface area (Å²) in [5, 5.41) is 19.0. The summed E-state index contributed by atoms with van der Waals surface area (Å²) in [7, 11) is 0. The summed E-state index contributed by atoms with van der Waals surface area (Å²) >= 11 is 0. The van der Waals surface area contributed by atoms with Crippen molar-refractivity contribution in [3.05, 3.63) is 45.3 Å². The summed E-state index contributed by atoms with van der Waals surface area (Å²) < 4.78 is 7.08. The number of ether oxygens (including phenoxy) is 1. The van der Waals surface area contributed by atoms with Gasteiger partial charge in [0.15, 0.2) is 0 Å². The van der Waals surface area contributed by atoms with Crippen molar-refractivity contribution in [3.8, 4) is 0 Å². The largest absolute Gasteiger partial charge is 0.394 e. The third-order valence-corrected chi connectivity index (χ3v) is 3.70. The molecule has 2 rings (SSSR count). The Morgan fingerprint density at radius 3 is 2.79 bits per heavy atom. The molecule has 2 heterocycles. The Hall–Kier alpha value is -2.27. The van der Waals surface area contributed by atoms with Gasteiger partial charge in [-0.15, -0.1) is 0 Å². The molecule has 1 amide bonds. The van der Waals surface area contributed by atoms with Gasteiger partial charge >= 0.3 is 5.69 Å². The number of aromatic nitrogens is 2. The molecule has 1 aromatic heterocycles. The number of hydrogen-bond acceptors (Lipinski definition) is 7. The number of hydrogen-bond donors (Lipinski definition) is 4. The zero-order chi connectivity index (χ0) is 17.9. The van der Waals surface area contributed by atoms with Crippen molar-refractivity contribution in [1.29, 1.82) is 0 Å². The van der Waals surface area contributed by atoms with E-state index in [0.717, 1.165) is 10.6 Å². The van der Waals surface area contributed by atoms with Gasteiger partial charge in [-0.1, -0.05) is 6.58 Å². The van der Waals surface area contributed by atoms with E-state index >= 15 is 0 Å². The van der Waals surface area contributed by atoms with Gasteiger partial charge in [0.2, 0.25) is 0 Å². The highest BCUT2D eigenvalue weighted by atomic mass is 16.5. The lowest BCUT2D eigenvalue weighted by Gasteiger charge is -2.18. The molecule has 1 saturated heterocycles. The molecule has 0 unspecified atom stereocenters. The van der Waals surface area contributed by atoms with Gasteiger partial charge in [-0.3, -0.25) is 19.6 Å². The van der Waals surface area contributed by atoms with Crippen molar-refractivity contribution in [3.63, 3.8) is 0 Å². The van der Waals surface area contributed by atoms with Crippen molar-refractivity contribution in [2.45, 2.75) is 31.3 Å². The minimum absolute atomic E-state index is 0.0564. The second kappa shape index (κ2) is 7.53. The smallest absolute Gasteiger partial charge is 0.352 e. The van der Waals surface area contributed by atoms with Crippen LogP contribution in [-0.4, -0.2) is 50.7 Å². The number of nitrogens with two attached hydrogens (primary N) is 1. The fourth-order valence-corrected chi connectivity index (χ4v) is 2.46. The number of nitrogens with one attached hydrogen (secondary N) is 1. The van der Waals surface area contributed by atoms with Crippen LogP contribution in [0.4, 0.5) is 0 Å². The van der Waals surface area contributed by atoms with Gasteiger partial charge in [-0.05, 0) is 19.0 Å². The average molecular weight is 340 g/mol. The Labute approximate surface area is 136 Å². The lowest BCUT2D eigenvalue weighted by atomic mass is 10.2. The highest BCUT2D eigenvalue weighted by molar-refractivity contribution is 5.93. The summed E-state index contributed by atoms with van der Waals surface area (Å²) in [5.74, 6) is -0.730. The molecule has 1 fully saturated rings. The number of nitrogens with zero attached hydrogens (tertiary/aromatic N) is 2. The van der Waals surface area contributed by atoms with Gasteiger partial charge in [0.1, 0.15) is 12.3 Å². The standard InChI is InChI=1S/C14H20N4O6/c1-2-11(21)16-18-13(22)8(3-4-15)6-17(14(18)23)12-5-9(20)10(7-19)24-12/h2,6,9-10,12,19-20H,1,3-5,7,15H2,(H,16,21)/t9-,10+,12+/m0/s1. The molecule has 5 N–H and O–H groups in total. The fourth-order valence-electron chi connectivity index (χ4n) is 2.46. The zero-order valence-corrected chi connectivity index (χ0v) is 12.9. The Morgan fingerprint density at radius 1 is 1.54 bits per heavy atom. The van der Waals surface area contributed by atoms with Crippen LogP contribution in [0.25, 0.3) is 0 Å². The molecule has 1 aromatic rings. The van der Waals surface area contributed by atoms with E-state index in [0.29, 0.717) is 4.68 Å². The van der Waals surface area contributed by atoms with Gasteiger partial charge in [0.05, 0.1) is 12.7 Å². The molecule has 132 valence electrons. The van der Waals surface area contributed by atoms with E-state index in [9.17, 15) is 19.5 Å². The first-order chi connectivity index (χ1) is 11.4.